The molecule has 0 aliphatic carbocycles. The van der Waals surface area contributed by atoms with Crippen LogP contribution in [0.4, 0.5) is 4.79 Å². The number of rotatable bonds is 5. The van der Waals surface area contributed by atoms with Crippen molar-refractivity contribution in [2.75, 3.05) is 39.8 Å². The van der Waals surface area contributed by atoms with Crippen molar-refractivity contribution < 1.29 is 18.7 Å². The molecule has 1 atom stereocenters. The average Bonchev–Trinajstić information content (AvgIpc) is 3.20. The Bertz CT molecular complexity index is 723. The number of guanidine groups is 1. The Morgan fingerprint density at radius 1 is 1.19 bits per heavy atom. The molecule has 1 saturated heterocycles. The van der Waals surface area contributed by atoms with Crippen molar-refractivity contribution in [3.63, 3.8) is 0 Å². The van der Waals surface area contributed by atoms with Gasteiger partial charge in [0.1, 0.15) is 5.60 Å². The molecule has 1 unspecified atom stereocenters. The highest BCUT2D eigenvalue weighted by Gasteiger charge is 2.26. The van der Waals surface area contributed by atoms with Gasteiger partial charge >= 0.3 is 6.09 Å². The monoisotopic (exact) mass is 549 g/mol. The van der Waals surface area contributed by atoms with Gasteiger partial charge in [-0.2, -0.15) is 0 Å². The molecule has 2 rings (SSSR count). The first-order chi connectivity index (χ1) is 14.1. The number of carbonyl (C=O) groups excluding carboxylic acids is 2. The van der Waals surface area contributed by atoms with Crippen LogP contribution in [-0.2, 0) is 4.74 Å². The number of carbonyl (C=O) groups is 2. The lowest BCUT2D eigenvalue weighted by molar-refractivity contribution is 0.0491. The number of piperazine rings is 1. The molecule has 1 aliphatic rings. The zero-order valence-electron chi connectivity index (χ0n) is 19.3. The summed E-state index contributed by atoms with van der Waals surface area (Å²) in [6.07, 6.45) is 1.08. The first-order valence-corrected chi connectivity index (χ1v) is 10.4. The van der Waals surface area contributed by atoms with Gasteiger partial charge in [0.05, 0.1) is 12.3 Å². The number of ether oxygens (including phenoxy) is 1. The van der Waals surface area contributed by atoms with Gasteiger partial charge in [0.25, 0.3) is 5.91 Å². The molecule has 10 heteroatoms. The molecule has 2 N–H and O–H groups in total. The number of nitrogens with one attached hydrogen (secondary N) is 2. The summed E-state index contributed by atoms with van der Waals surface area (Å²) in [4.78, 5) is 32.8. The lowest BCUT2D eigenvalue weighted by Crippen LogP contribution is -2.56. The minimum atomic E-state index is -0.540. The van der Waals surface area contributed by atoms with Gasteiger partial charge in [-0.3, -0.25) is 9.79 Å². The summed E-state index contributed by atoms with van der Waals surface area (Å²) in [5.74, 6) is 1.23. The van der Waals surface area contributed by atoms with Crippen LogP contribution in [0.3, 0.4) is 0 Å². The molecule has 2 amide bonds. The Hall–Kier alpha value is -1.98. The number of amides is 2. The van der Waals surface area contributed by atoms with E-state index in [4.69, 9.17) is 9.15 Å². The van der Waals surface area contributed by atoms with Crippen LogP contribution >= 0.6 is 24.0 Å². The summed E-state index contributed by atoms with van der Waals surface area (Å²) >= 11 is 0. The lowest BCUT2D eigenvalue weighted by Gasteiger charge is -2.36. The average molecular weight is 549 g/mol. The molecule has 0 aromatic carbocycles. The van der Waals surface area contributed by atoms with Crippen molar-refractivity contribution in [1.29, 1.82) is 0 Å². The van der Waals surface area contributed by atoms with Crippen LogP contribution in [0.25, 0.3) is 0 Å². The largest absolute Gasteiger partial charge is 0.459 e. The summed E-state index contributed by atoms with van der Waals surface area (Å²) in [7, 11) is 1.73. The molecule has 31 heavy (non-hydrogen) atoms. The Balaban J connectivity index is 0.00000480. The summed E-state index contributed by atoms with van der Waals surface area (Å²) in [6, 6.07) is 3.28. The summed E-state index contributed by atoms with van der Waals surface area (Å²) < 4.78 is 10.6. The number of hydrogen-bond donors (Lipinski definition) is 2. The fraction of sp³-hybridized carbons (Fsp3) is 0.667. The maximum atomic E-state index is 12.4. The van der Waals surface area contributed by atoms with E-state index in [-0.39, 0.29) is 41.8 Å². The highest BCUT2D eigenvalue weighted by Crippen LogP contribution is 2.11. The van der Waals surface area contributed by atoms with E-state index in [1.165, 1.54) is 6.26 Å². The molecule has 2 heterocycles. The molecule has 0 saturated carbocycles. The lowest BCUT2D eigenvalue weighted by atomic mass is 10.0. The van der Waals surface area contributed by atoms with Crippen LogP contribution in [0.5, 0.6) is 0 Å². The van der Waals surface area contributed by atoms with Gasteiger partial charge in [0.15, 0.2) is 11.7 Å². The van der Waals surface area contributed by atoms with Crippen LogP contribution in [0, 0.1) is 5.92 Å². The smallest absolute Gasteiger partial charge is 0.407 e. The molecular formula is C21H36IN5O4. The van der Waals surface area contributed by atoms with E-state index in [1.54, 1.807) is 24.1 Å². The van der Waals surface area contributed by atoms with Crippen molar-refractivity contribution in [1.82, 2.24) is 20.4 Å². The highest BCUT2D eigenvalue weighted by molar-refractivity contribution is 14.0. The third-order valence-corrected chi connectivity index (χ3v) is 4.80. The van der Waals surface area contributed by atoms with Gasteiger partial charge in [-0.1, -0.05) is 13.8 Å². The number of hydrogen-bond acceptors (Lipinski definition) is 5. The second kappa shape index (κ2) is 12.2. The SMILES string of the molecule is CN=C(NCC(NC(=O)OC(C)(C)C)C(C)C)N1CCN(C(=O)c2ccco2)CC1.I. The molecule has 1 aromatic rings. The zero-order chi connectivity index (χ0) is 22.3. The summed E-state index contributed by atoms with van der Waals surface area (Å²) in [6.45, 7) is 12.6. The van der Waals surface area contributed by atoms with Crippen LogP contribution in [0.1, 0.15) is 45.2 Å². The van der Waals surface area contributed by atoms with Gasteiger partial charge in [-0.25, -0.2) is 4.79 Å². The Kier molecular flexibility index (Phi) is 10.6. The van der Waals surface area contributed by atoms with Gasteiger partial charge in [0, 0.05) is 39.8 Å². The van der Waals surface area contributed by atoms with Crippen LogP contribution < -0.4 is 10.6 Å². The molecule has 176 valence electrons. The maximum Gasteiger partial charge on any atom is 0.407 e. The van der Waals surface area contributed by atoms with E-state index in [2.05, 4.69) is 20.5 Å². The van der Waals surface area contributed by atoms with Crippen molar-refractivity contribution >= 4 is 41.9 Å². The van der Waals surface area contributed by atoms with Gasteiger partial charge in [0.2, 0.25) is 0 Å². The Morgan fingerprint density at radius 2 is 1.81 bits per heavy atom. The molecule has 1 aromatic heterocycles. The third kappa shape index (κ3) is 8.58. The van der Waals surface area contributed by atoms with Crippen LogP contribution in [0.2, 0.25) is 0 Å². The minimum absolute atomic E-state index is 0. The predicted molar refractivity (Wildman–Crippen MR) is 131 cm³/mol. The van der Waals surface area contributed by atoms with Crippen LogP contribution in [0.15, 0.2) is 27.8 Å². The summed E-state index contributed by atoms with van der Waals surface area (Å²) in [5, 5.41) is 6.28. The molecule has 9 nitrogen and oxygen atoms in total. The second-order valence-corrected chi connectivity index (χ2v) is 8.68. The Morgan fingerprint density at radius 3 is 2.29 bits per heavy atom. The molecular weight excluding hydrogens is 513 g/mol. The van der Waals surface area contributed by atoms with Crippen molar-refractivity contribution in [2.24, 2.45) is 10.9 Å². The second-order valence-electron chi connectivity index (χ2n) is 8.68. The topological polar surface area (TPSA) is 99.4 Å². The van der Waals surface area contributed by atoms with E-state index in [0.717, 1.165) is 5.96 Å². The minimum Gasteiger partial charge on any atom is -0.459 e. The summed E-state index contributed by atoms with van der Waals surface area (Å²) in [5.41, 5.74) is -0.540. The van der Waals surface area contributed by atoms with Crippen molar-refractivity contribution in [3.8, 4) is 0 Å². The van der Waals surface area contributed by atoms with E-state index < -0.39 is 11.7 Å². The molecule has 0 spiro atoms. The van der Waals surface area contributed by atoms with Gasteiger partial charge in [-0.15, -0.1) is 24.0 Å². The first-order valence-electron chi connectivity index (χ1n) is 10.4. The first kappa shape index (κ1) is 27.1. The fourth-order valence-corrected chi connectivity index (χ4v) is 3.12. The van der Waals surface area contributed by atoms with E-state index >= 15 is 0 Å². The molecule has 0 radical (unpaired) electrons. The van der Waals surface area contributed by atoms with Crippen molar-refractivity contribution in [2.45, 2.75) is 46.3 Å². The number of alkyl carbamates (subject to hydrolysis) is 1. The van der Waals surface area contributed by atoms with Gasteiger partial charge < -0.3 is 29.6 Å². The molecule has 1 fully saturated rings. The van der Waals surface area contributed by atoms with Gasteiger partial charge in [-0.05, 0) is 38.8 Å². The van der Waals surface area contributed by atoms with E-state index in [9.17, 15) is 9.59 Å². The number of furan rings is 1. The maximum absolute atomic E-state index is 12.4. The number of aliphatic imine (C=N–C) groups is 1. The van der Waals surface area contributed by atoms with Crippen molar-refractivity contribution in [3.05, 3.63) is 24.2 Å². The van der Waals surface area contributed by atoms with E-state index in [1.807, 2.05) is 34.6 Å². The quantitative estimate of drug-likeness (QED) is 0.333. The molecule has 1 aliphatic heterocycles. The molecule has 0 bridgehead atoms. The third-order valence-electron chi connectivity index (χ3n) is 4.80. The van der Waals surface area contributed by atoms with Crippen LogP contribution in [-0.4, -0.2) is 79.2 Å². The normalized spacial score (nSPS) is 15.9. The standard InChI is InChI=1S/C21H35N5O4.HI/c1-15(2)16(24-20(28)30-21(3,4)5)14-23-19(22-6)26-11-9-25(10-12-26)18(27)17-8-7-13-29-17;/h7-8,13,15-16H,9-12,14H2,1-6H3,(H,22,23)(H,24,28);1H. The Labute approximate surface area is 202 Å². The number of nitrogens with zero attached hydrogens (tertiary/aromatic N) is 3. The predicted octanol–water partition coefficient (Wildman–Crippen LogP) is 2.78. The highest BCUT2D eigenvalue weighted by atomic mass is 127. The fourth-order valence-electron chi connectivity index (χ4n) is 3.12. The zero-order valence-corrected chi connectivity index (χ0v) is 21.6. The van der Waals surface area contributed by atoms with E-state index in [0.29, 0.717) is 38.5 Å². The number of halogens is 1.